The van der Waals surface area contributed by atoms with Gasteiger partial charge >= 0.3 is 0 Å². The number of nitrogens with zero attached hydrogens (tertiary/aromatic N) is 2. The van der Waals surface area contributed by atoms with Gasteiger partial charge in [0.15, 0.2) is 5.82 Å². The van der Waals surface area contributed by atoms with Gasteiger partial charge in [0.1, 0.15) is 5.76 Å². The van der Waals surface area contributed by atoms with Crippen molar-refractivity contribution in [1.82, 2.24) is 5.16 Å². The number of sulfonamides is 2. The van der Waals surface area contributed by atoms with Crippen LogP contribution in [0, 0.1) is 13.8 Å². The van der Waals surface area contributed by atoms with Crippen LogP contribution in [-0.4, -0.2) is 33.7 Å². The van der Waals surface area contributed by atoms with E-state index >= 15 is 0 Å². The first-order valence-corrected chi connectivity index (χ1v) is 10.3. The zero-order chi connectivity index (χ0) is 18.4. The molecule has 134 valence electrons. The number of nitrogens with one attached hydrogen (secondary N) is 1. The van der Waals surface area contributed by atoms with Gasteiger partial charge in [0.2, 0.25) is 15.9 Å². The van der Waals surface area contributed by atoms with E-state index in [1.54, 1.807) is 6.92 Å². The third-order valence-corrected chi connectivity index (χ3v) is 6.83. The van der Waals surface area contributed by atoms with Gasteiger partial charge in [-0.2, -0.15) is 0 Å². The molecule has 9 nitrogen and oxygen atoms in total. The molecule has 25 heavy (non-hydrogen) atoms. The van der Waals surface area contributed by atoms with E-state index in [0.717, 1.165) is 0 Å². The van der Waals surface area contributed by atoms with E-state index in [9.17, 15) is 21.6 Å². The Kier molecular flexibility index (Phi) is 4.07. The van der Waals surface area contributed by atoms with E-state index in [4.69, 9.17) is 4.52 Å². The van der Waals surface area contributed by atoms with Crippen LogP contribution in [0.4, 0.5) is 11.5 Å². The highest BCUT2D eigenvalue weighted by molar-refractivity contribution is 7.94. The highest BCUT2D eigenvalue weighted by atomic mass is 32.2. The van der Waals surface area contributed by atoms with Crippen LogP contribution >= 0.6 is 0 Å². The maximum Gasteiger partial charge on any atom is 0.263 e. The zero-order valence-electron chi connectivity index (χ0n) is 13.4. The summed E-state index contributed by atoms with van der Waals surface area (Å²) in [4.78, 5) is 11.8. The number of carbonyl (C=O) groups excluding carboxylic acids is 1. The van der Waals surface area contributed by atoms with Crippen molar-refractivity contribution < 1.29 is 26.2 Å². The number of hydrogen-bond donors (Lipinski definition) is 1. The number of rotatable bonds is 4. The molecule has 1 aliphatic heterocycles. The van der Waals surface area contributed by atoms with Crippen molar-refractivity contribution in [2.45, 2.75) is 25.2 Å². The van der Waals surface area contributed by atoms with Gasteiger partial charge in [-0.25, -0.2) is 21.1 Å². The average molecular weight is 385 g/mol. The SMILES string of the molecule is Cc1cc(NS(=O)(=O)c2ccc(N3C(=O)CCS3(=O)=O)cc2C)no1. The molecule has 0 saturated carbocycles. The van der Waals surface area contributed by atoms with Crippen molar-refractivity contribution in [1.29, 1.82) is 0 Å². The maximum absolute atomic E-state index is 12.5. The van der Waals surface area contributed by atoms with Crippen LogP contribution in [0.15, 0.2) is 33.7 Å². The molecule has 0 bridgehead atoms. The highest BCUT2D eigenvalue weighted by Crippen LogP contribution is 2.29. The van der Waals surface area contributed by atoms with Crippen LogP contribution in [-0.2, 0) is 24.8 Å². The summed E-state index contributed by atoms with van der Waals surface area (Å²) in [6.45, 7) is 3.14. The van der Waals surface area contributed by atoms with Crippen LogP contribution in [0.25, 0.3) is 0 Å². The molecule has 0 spiro atoms. The first-order valence-electron chi connectivity index (χ1n) is 7.23. The molecule has 1 aromatic heterocycles. The minimum absolute atomic E-state index is 0.0401. The minimum atomic E-state index is -3.94. The van der Waals surface area contributed by atoms with Crippen LogP contribution < -0.4 is 9.03 Å². The number of aromatic nitrogens is 1. The van der Waals surface area contributed by atoms with Gasteiger partial charge in [-0.3, -0.25) is 9.52 Å². The Morgan fingerprint density at radius 2 is 1.96 bits per heavy atom. The molecule has 2 heterocycles. The smallest absolute Gasteiger partial charge is 0.263 e. The second kappa shape index (κ2) is 5.85. The van der Waals surface area contributed by atoms with Gasteiger partial charge in [0.25, 0.3) is 10.0 Å². The largest absolute Gasteiger partial charge is 0.360 e. The second-order valence-corrected chi connectivity index (χ2v) is 9.19. The van der Waals surface area contributed by atoms with Crippen molar-refractivity contribution >= 4 is 37.5 Å². The summed E-state index contributed by atoms with van der Waals surface area (Å²) < 4.78 is 56.7. The monoisotopic (exact) mass is 385 g/mol. The van der Waals surface area contributed by atoms with Crippen LogP contribution in [0.5, 0.6) is 0 Å². The van der Waals surface area contributed by atoms with Crippen LogP contribution in [0.2, 0.25) is 0 Å². The summed E-state index contributed by atoms with van der Waals surface area (Å²) in [5.41, 5.74) is 0.413. The molecule has 1 aliphatic rings. The van der Waals surface area contributed by atoms with Gasteiger partial charge in [0, 0.05) is 12.5 Å². The summed E-state index contributed by atoms with van der Waals surface area (Å²) in [5.74, 6) is -0.301. The van der Waals surface area contributed by atoms with Crippen molar-refractivity contribution in [3.63, 3.8) is 0 Å². The fourth-order valence-electron chi connectivity index (χ4n) is 2.54. The van der Waals surface area contributed by atoms with Crippen LogP contribution in [0.3, 0.4) is 0 Å². The van der Waals surface area contributed by atoms with Gasteiger partial charge in [-0.15, -0.1) is 0 Å². The fourth-order valence-corrected chi connectivity index (χ4v) is 5.20. The number of carbonyl (C=O) groups is 1. The van der Waals surface area contributed by atoms with E-state index in [1.165, 1.54) is 31.2 Å². The van der Waals surface area contributed by atoms with Crippen molar-refractivity contribution in [2.24, 2.45) is 0 Å². The molecule has 1 aromatic carbocycles. The van der Waals surface area contributed by atoms with Gasteiger partial charge < -0.3 is 4.52 Å². The molecule has 0 unspecified atom stereocenters. The molecular weight excluding hydrogens is 370 g/mol. The second-order valence-electron chi connectivity index (χ2n) is 5.60. The molecule has 0 radical (unpaired) electrons. The fraction of sp³-hybridized carbons (Fsp3) is 0.286. The van der Waals surface area contributed by atoms with E-state index in [-0.39, 0.29) is 28.6 Å². The Morgan fingerprint density at radius 3 is 2.48 bits per heavy atom. The van der Waals surface area contributed by atoms with Gasteiger partial charge in [0.05, 0.1) is 16.3 Å². The van der Waals surface area contributed by atoms with E-state index in [1.807, 2.05) is 0 Å². The lowest BCUT2D eigenvalue weighted by Crippen LogP contribution is -2.29. The Morgan fingerprint density at radius 1 is 1.24 bits per heavy atom. The summed E-state index contributed by atoms with van der Waals surface area (Å²) in [7, 11) is -7.64. The maximum atomic E-state index is 12.5. The quantitative estimate of drug-likeness (QED) is 0.836. The normalized spacial score (nSPS) is 17.0. The lowest BCUT2D eigenvalue weighted by Gasteiger charge is -2.17. The first kappa shape index (κ1) is 17.4. The number of benzene rings is 1. The number of amides is 1. The number of hydrogen-bond acceptors (Lipinski definition) is 7. The Balaban J connectivity index is 1.96. The molecular formula is C14H15N3O6S2. The summed E-state index contributed by atoms with van der Waals surface area (Å²) in [5, 5.41) is 3.57. The lowest BCUT2D eigenvalue weighted by atomic mass is 10.2. The van der Waals surface area contributed by atoms with Gasteiger partial charge in [-0.05, 0) is 37.6 Å². The third kappa shape index (κ3) is 3.24. The molecule has 1 N–H and O–H groups in total. The van der Waals surface area contributed by atoms with Crippen LogP contribution in [0.1, 0.15) is 17.7 Å². The van der Waals surface area contributed by atoms with Crippen molar-refractivity contribution in [3.05, 3.63) is 35.6 Å². The van der Waals surface area contributed by atoms with Crippen molar-refractivity contribution in [3.8, 4) is 0 Å². The topological polar surface area (TPSA) is 127 Å². The van der Waals surface area contributed by atoms with Gasteiger partial charge in [-0.1, -0.05) is 5.16 Å². The zero-order valence-corrected chi connectivity index (χ0v) is 15.0. The molecule has 0 aliphatic carbocycles. The molecule has 0 atom stereocenters. The number of aryl methyl sites for hydroxylation is 2. The Bertz CT molecular complexity index is 1060. The predicted molar refractivity (Wildman–Crippen MR) is 89.1 cm³/mol. The first-order chi connectivity index (χ1) is 11.6. The van der Waals surface area contributed by atoms with E-state index in [0.29, 0.717) is 15.6 Å². The highest BCUT2D eigenvalue weighted by Gasteiger charge is 2.36. The minimum Gasteiger partial charge on any atom is -0.360 e. The summed E-state index contributed by atoms with van der Waals surface area (Å²) in [6, 6.07) is 5.32. The molecule has 1 saturated heterocycles. The molecule has 1 amide bonds. The molecule has 11 heteroatoms. The average Bonchev–Trinajstić information content (AvgIpc) is 3.00. The lowest BCUT2D eigenvalue weighted by molar-refractivity contribution is -0.116. The standard InChI is InChI=1S/C14H15N3O6S2/c1-9-7-11(17-14(18)5-6-24(17,19)20)3-4-12(9)25(21,22)16-13-8-10(2)23-15-13/h3-4,7-8H,5-6H2,1-2H3,(H,15,16). The molecule has 2 aromatic rings. The summed E-state index contributed by atoms with van der Waals surface area (Å²) in [6.07, 6.45) is -0.0888. The Hall–Kier alpha value is -2.40. The Labute approximate surface area is 144 Å². The van der Waals surface area contributed by atoms with E-state index in [2.05, 4.69) is 9.88 Å². The number of anilines is 2. The third-order valence-electron chi connectivity index (χ3n) is 3.63. The van der Waals surface area contributed by atoms with E-state index < -0.39 is 26.0 Å². The molecule has 3 rings (SSSR count). The predicted octanol–water partition coefficient (Wildman–Crippen LogP) is 1.16. The van der Waals surface area contributed by atoms with Crippen molar-refractivity contribution in [2.75, 3.05) is 14.8 Å². The molecule has 1 fully saturated rings. The summed E-state index contributed by atoms with van der Waals surface area (Å²) >= 11 is 0.